The van der Waals surface area contributed by atoms with Gasteiger partial charge in [-0.05, 0) is 31.0 Å². The molecule has 1 aromatic carbocycles. The number of amides is 1. The van der Waals surface area contributed by atoms with Crippen LogP contribution in [0.25, 0.3) is 16.6 Å². The highest BCUT2D eigenvalue weighted by molar-refractivity contribution is 5.96. The van der Waals surface area contributed by atoms with Crippen molar-refractivity contribution >= 4 is 28.3 Å². The molecule has 8 nitrogen and oxygen atoms in total. The average molecular weight is 454 g/mol. The summed E-state index contributed by atoms with van der Waals surface area (Å²) in [6.07, 6.45) is 1.82. The molecule has 1 aliphatic heterocycles. The number of imidazole rings is 1. The number of fused-ring (bicyclic) bond motifs is 4. The molecule has 1 unspecified atom stereocenters. The van der Waals surface area contributed by atoms with Crippen LogP contribution in [0.5, 0.6) is 5.75 Å². The highest BCUT2D eigenvalue weighted by atomic mass is 19.4. The lowest BCUT2D eigenvalue weighted by atomic mass is 10.0. The van der Waals surface area contributed by atoms with Gasteiger partial charge in [0.15, 0.2) is 0 Å². The SMILES string of the molecule is Nc1nc2cnc(C(=O)N(C3CC3)C3COc4cc(C(F)(F)F)ccc43)cc2n2cncc12. The maximum atomic E-state index is 13.6. The zero-order valence-corrected chi connectivity index (χ0v) is 17.1. The molecule has 1 atom stereocenters. The van der Waals surface area contributed by atoms with Crippen LogP contribution in [0.3, 0.4) is 0 Å². The number of halogens is 3. The minimum absolute atomic E-state index is 0.0188. The van der Waals surface area contributed by atoms with Gasteiger partial charge < -0.3 is 15.4 Å². The lowest BCUT2D eigenvalue weighted by molar-refractivity contribution is -0.137. The molecule has 6 rings (SSSR count). The number of nitrogens with zero attached hydrogens (tertiary/aromatic N) is 5. The molecule has 1 fully saturated rings. The molecular formula is C22H17F3N6O2. The first-order valence-corrected chi connectivity index (χ1v) is 10.3. The summed E-state index contributed by atoms with van der Waals surface area (Å²) < 4.78 is 46.6. The molecule has 0 spiro atoms. The zero-order chi connectivity index (χ0) is 22.9. The minimum Gasteiger partial charge on any atom is -0.491 e. The smallest absolute Gasteiger partial charge is 0.416 e. The average Bonchev–Trinajstić information content (AvgIpc) is 3.32. The van der Waals surface area contributed by atoms with Gasteiger partial charge in [-0.25, -0.2) is 15.0 Å². The van der Waals surface area contributed by atoms with E-state index in [2.05, 4.69) is 15.0 Å². The second kappa shape index (κ2) is 6.80. The van der Waals surface area contributed by atoms with E-state index >= 15 is 0 Å². The topological polar surface area (TPSA) is 98.6 Å². The van der Waals surface area contributed by atoms with Gasteiger partial charge >= 0.3 is 6.18 Å². The van der Waals surface area contributed by atoms with Gasteiger partial charge in [0.1, 0.15) is 34.9 Å². The number of hydrogen-bond donors (Lipinski definition) is 1. The fourth-order valence-corrected chi connectivity index (χ4v) is 4.34. The van der Waals surface area contributed by atoms with E-state index in [0.29, 0.717) is 27.9 Å². The van der Waals surface area contributed by atoms with Crippen molar-refractivity contribution in [3.63, 3.8) is 0 Å². The van der Waals surface area contributed by atoms with Crippen molar-refractivity contribution < 1.29 is 22.7 Å². The Kier molecular flexibility index (Phi) is 4.08. The van der Waals surface area contributed by atoms with E-state index in [1.807, 2.05) is 0 Å². The number of carbonyl (C=O) groups excluding carboxylic acids is 1. The number of nitrogen functional groups attached to an aromatic ring is 1. The third-order valence-electron chi connectivity index (χ3n) is 6.09. The van der Waals surface area contributed by atoms with Gasteiger partial charge in [-0.1, -0.05) is 6.07 Å². The molecule has 0 radical (unpaired) electrons. The van der Waals surface area contributed by atoms with Gasteiger partial charge in [-0.15, -0.1) is 0 Å². The van der Waals surface area contributed by atoms with Crippen LogP contribution in [-0.2, 0) is 6.18 Å². The van der Waals surface area contributed by atoms with Crippen LogP contribution in [0.2, 0.25) is 0 Å². The number of rotatable bonds is 3. The van der Waals surface area contributed by atoms with Crippen LogP contribution in [0.15, 0.2) is 43.0 Å². The van der Waals surface area contributed by atoms with Gasteiger partial charge in [0.25, 0.3) is 5.91 Å². The number of nitrogens with two attached hydrogens (primary N) is 1. The van der Waals surface area contributed by atoms with Crippen LogP contribution in [0, 0.1) is 0 Å². The lowest BCUT2D eigenvalue weighted by Crippen LogP contribution is -2.38. The number of pyridine rings is 1. The number of benzene rings is 1. The number of alkyl halides is 3. The summed E-state index contributed by atoms with van der Waals surface area (Å²) in [5, 5.41) is 0. The van der Waals surface area contributed by atoms with Crippen LogP contribution >= 0.6 is 0 Å². The number of aromatic nitrogens is 4. The quantitative estimate of drug-likeness (QED) is 0.508. The van der Waals surface area contributed by atoms with Gasteiger partial charge in [0, 0.05) is 11.6 Å². The molecule has 11 heteroatoms. The zero-order valence-electron chi connectivity index (χ0n) is 17.1. The summed E-state index contributed by atoms with van der Waals surface area (Å²) in [5.41, 5.74) is 7.72. The van der Waals surface area contributed by atoms with E-state index in [1.165, 1.54) is 12.3 Å². The standard InChI is InChI=1S/C22H17F3N6O2/c23-22(24,25)11-1-4-13-18(9-33-19(13)5-11)31(12-2-3-12)21(32)14-6-16-15(7-28-14)29-20(26)17-8-27-10-30(16)17/h1,4-8,10,12,18H,2-3,9H2,(H2,26,29). The van der Waals surface area contributed by atoms with Crippen molar-refractivity contribution in [2.45, 2.75) is 31.1 Å². The Morgan fingerprint density at radius 1 is 1.18 bits per heavy atom. The monoisotopic (exact) mass is 454 g/mol. The molecule has 33 heavy (non-hydrogen) atoms. The largest absolute Gasteiger partial charge is 0.491 e. The first kappa shape index (κ1) is 19.8. The summed E-state index contributed by atoms with van der Waals surface area (Å²) in [6, 6.07) is 4.54. The second-order valence-corrected chi connectivity index (χ2v) is 8.22. The van der Waals surface area contributed by atoms with E-state index in [4.69, 9.17) is 10.5 Å². The summed E-state index contributed by atoms with van der Waals surface area (Å²) >= 11 is 0. The molecule has 2 aliphatic rings. The highest BCUT2D eigenvalue weighted by Crippen LogP contribution is 2.44. The molecule has 0 saturated heterocycles. The van der Waals surface area contributed by atoms with Gasteiger partial charge in [-0.3, -0.25) is 9.20 Å². The van der Waals surface area contributed by atoms with E-state index in [9.17, 15) is 18.0 Å². The van der Waals surface area contributed by atoms with E-state index in [1.54, 1.807) is 27.9 Å². The summed E-state index contributed by atoms with van der Waals surface area (Å²) in [6.45, 7) is 0.0936. The normalized spacial score (nSPS) is 17.8. The summed E-state index contributed by atoms with van der Waals surface area (Å²) in [5.74, 6) is 0.142. The Balaban J connectivity index is 1.39. The summed E-state index contributed by atoms with van der Waals surface area (Å²) in [4.78, 5) is 28.0. The fourth-order valence-electron chi connectivity index (χ4n) is 4.34. The Morgan fingerprint density at radius 3 is 2.76 bits per heavy atom. The Labute approximate surface area is 184 Å². The third kappa shape index (κ3) is 3.14. The second-order valence-electron chi connectivity index (χ2n) is 8.22. The van der Waals surface area contributed by atoms with Crippen LogP contribution in [0.1, 0.15) is 40.5 Å². The fraction of sp³-hybridized carbons (Fsp3) is 0.273. The Hall–Kier alpha value is -3.89. The molecule has 4 aromatic rings. The molecule has 2 N–H and O–H groups in total. The molecule has 168 valence electrons. The van der Waals surface area contributed by atoms with E-state index in [-0.39, 0.29) is 30.0 Å². The first-order valence-electron chi connectivity index (χ1n) is 10.3. The van der Waals surface area contributed by atoms with Gasteiger partial charge in [0.05, 0.1) is 35.8 Å². The maximum absolute atomic E-state index is 13.6. The van der Waals surface area contributed by atoms with Crippen molar-refractivity contribution in [2.75, 3.05) is 12.3 Å². The Morgan fingerprint density at radius 2 is 2.00 bits per heavy atom. The number of carbonyl (C=O) groups is 1. The predicted octanol–water partition coefficient (Wildman–Crippen LogP) is 3.62. The third-order valence-corrected chi connectivity index (χ3v) is 6.09. The summed E-state index contributed by atoms with van der Waals surface area (Å²) in [7, 11) is 0. The van der Waals surface area contributed by atoms with Crippen molar-refractivity contribution in [3.8, 4) is 5.75 Å². The molecule has 4 heterocycles. The predicted molar refractivity (Wildman–Crippen MR) is 112 cm³/mol. The van der Waals surface area contributed by atoms with Crippen molar-refractivity contribution in [1.29, 1.82) is 0 Å². The molecule has 0 bridgehead atoms. The molecular weight excluding hydrogens is 437 g/mol. The van der Waals surface area contributed by atoms with E-state index < -0.39 is 17.8 Å². The van der Waals surface area contributed by atoms with Crippen molar-refractivity contribution in [1.82, 2.24) is 24.3 Å². The highest BCUT2D eigenvalue weighted by Gasteiger charge is 2.43. The lowest BCUT2D eigenvalue weighted by Gasteiger charge is -2.28. The van der Waals surface area contributed by atoms with Crippen LogP contribution < -0.4 is 10.5 Å². The molecule has 1 saturated carbocycles. The van der Waals surface area contributed by atoms with Crippen molar-refractivity contribution in [2.24, 2.45) is 0 Å². The number of ether oxygens (including phenoxy) is 1. The minimum atomic E-state index is -4.46. The number of anilines is 1. The van der Waals surface area contributed by atoms with Gasteiger partial charge in [-0.2, -0.15) is 13.2 Å². The first-order chi connectivity index (χ1) is 15.8. The van der Waals surface area contributed by atoms with Gasteiger partial charge in [0.2, 0.25) is 0 Å². The van der Waals surface area contributed by atoms with E-state index in [0.717, 1.165) is 25.0 Å². The Bertz CT molecular complexity index is 1430. The van der Waals surface area contributed by atoms with Crippen LogP contribution in [-0.4, -0.2) is 42.8 Å². The number of hydrogen-bond acceptors (Lipinski definition) is 6. The molecule has 1 amide bonds. The maximum Gasteiger partial charge on any atom is 0.416 e. The van der Waals surface area contributed by atoms with Crippen LogP contribution in [0.4, 0.5) is 19.0 Å². The molecule has 3 aromatic heterocycles. The molecule has 1 aliphatic carbocycles. The van der Waals surface area contributed by atoms with Crippen molar-refractivity contribution in [3.05, 3.63) is 59.8 Å².